The number of rotatable bonds is 2. The van der Waals surface area contributed by atoms with Crippen LogP contribution in [0.4, 0.5) is 0 Å². The quantitative estimate of drug-likeness (QED) is 0.680. The lowest BCUT2D eigenvalue weighted by Gasteiger charge is -1.93. The molecule has 0 aromatic heterocycles. The largest absolute Gasteiger partial charge is 0.392 e. The van der Waals surface area contributed by atoms with Crippen LogP contribution >= 0.6 is 0 Å². The molecular weight excluding hydrogens is 136 g/mol. The van der Waals surface area contributed by atoms with Crippen LogP contribution in [0.15, 0.2) is 30.3 Å². The summed E-state index contributed by atoms with van der Waals surface area (Å²) < 4.78 is 0. The van der Waals surface area contributed by atoms with Crippen LogP contribution in [0.25, 0.3) is 6.08 Å². The van der Waals surface area contributed by atoms with E-state index in [2.05, 4.69) is 19.1 Å². The fourth-order valence-corrected chi connectivity index (χ4v) is 0.866. The van der Waals surface area contributed by atoms with Crippen molar-refractivity contribution in [3.8, 4) is 0 Å². The third kappa shape index (κ3) is 2.56. The third-order valence-electron chi connectivity index (χ3n) is 1.49. The van der Waals surface area contributed by atoms with Crippen LogP contribution < -0.4 is 0 Å². The van der Waals surface area contributed by atoms with Crippen LogP contribution in [-0.2, 0) is 0 Å². The van der Waals surface area contributed by atoms with Gasteiger partial charge in [0.05, 0.1) is 6.61 Å². The number of benzene rings is 1. The molecule has 0 aliphatic rings. The van der Waals surface area contributed by atoms with Gasteiger partial charge in [-0.05, 0) is 12.5 Å². The van der Waals surface area contributed by atoms with Crippen LogP contribution in [0.1, 0.15) is 11.1 Å². The molecule has 0 saturated heterocycles. The Hall–Kier alpha value is -1.08. The Kier molecular flexibility index (Phi) is 2.87. The minimum Gasteiger partial charge on any atom is -0.392 e. The van der Waals surface area contributed by atoms with Gasteiger partial charge in [0.2, 0.25) is 0 Å². The zero-order valence-electron chi connectivity index (χ0n) is 6.62. The first kappa shape index (κ1) is 8.02. The molecule has 1 aromatic rings. The van der Waals surface area contributed by atoms with Crippen molar-refractivity contribution in [3.63, 3.8) is 0 Å². The maximum Gasteiger partial charge on any atom is 0.0615 e. The van der Waals surface area contributed by atoms with Crippen LogP contribution in [0, 0.1) is 6.92 Å². The molecule has 0 saturated carbocycles. The van der Waals surface area contributed by atoms with Gasteiger partial charge in [0.15, 0.2) is 0 Å². The number of aryl methyl sites for hydroxylation is 1. The number of aliphatic hydroxyl groups excluding tert-OH is 1. The van der Waals surface area contributed by atoms with Crippen molar-refractivity contribution in [2.24, 2.45) is 0 Å². The molecule has 1 N–H and O–H groups in total. The Labute approximate surface area is 67.0 Å². The number of hydrogen-bond donors (Lipinski definition) is 1. The average Bonchev–Trinajstić information content (AvgIpc) is 2.04. The molecule has 11 heavy (non-hydrogen) atoms. The molecule has 0 radical (unpaired) electrons. The summed E-state index contributed by atoms with van der Waals surface area (Å²) in [6.07, 6.45) is 3.63. The van der Waals surface area contributed by atoms with E-state index in [4.69, 9.17) is 5.11 Å². The standard InChI is InChI=1S/C10H12O/c1-9-4-6-10(7-5-9)3-2-8-11/h2-7,11H,8H2,1H3/b3-2-. The molecule has 0 aliphatic heterocycles. The van der Waals surface area contributed by atoms with Crippen molar-refractivity contribution < 1.29 is 5.11 Å². The first-order valence-electron chi connectivity index (χ1n) is 3.67. The van der Waals surface area contributed by atoms with E-state index in [0.717, 1.165) is 5.56 Å². The summed E-state index contributed by atoms with van der Waals surface area (Å²) in [4.78, 5) is 0. The van der Waals surface area contributed by atoms with E-state index < -0.39 is 0 Å². The van der Waals surface area contributed by atoms with E-state index in [9.17, 15) is 0 Å². The lowest BCUT2D eigenvalue weighted by Crippen LogP contribution is -1.75. The van der Waals surface area contributed by atoms with Gasteiger partial charge < -0.3 is 5.11 Å². The Morgan fingerprint density at radius 1 is 1.27 bits per heavy atom. The first-order chi connectivity index (χ1) is 5.33. The molecule has 1 rings (SSSR count). The summed E-state index contributed by atoms with van der Waals surface area (Å²) in [7, 11) is 0. The fourth-order valence-electron chi connectivity index (χ4n) is 0.866. The Bertz CT molecular complexity index is 234. The maximum atomic E-state index is 8.50. The molecule has 1 heteroatoms. The van der Waals surface area contributed by atoms with Crippen LogP contribution in [0.3, 0.4) is 0 Å². The van der Waals surface area contributed by atoms with Crippen molar-refractivity contribution >= 4 is 6.08 Å². The topological polar surface area (TPSA) is 20.2 Å². The average molecular weight is 148 g/mol. The van der Waals surface area contributed by atoms with Gasteiger partial charge in [0.1, 0.15) is 0 Å². The van der Waals surface area contributed by atoms with Gasteiger partial charge in [-0.25, -0.2) is 0 Å². The minimum atomic E-state index is 0.105. The lowest BCUT2D eigenvalue weighted by atomic mass is 10.1. The summed E-state index contributed by atoms with van der Waals surface area (Å²) in [6.45, 7) is 2.16. The normalized spacial score (nSPS) is 10.7. The summed E-state index contributed by atoms with van der Waals surface area (Å²) in [5.74, 6) is 0. The monoisotopic (exact) mass is 148 g/mol. The molecule has 0 heterocycles. The summed E-state index contributed by atoms with van der Waals surface area (Å²) in [5, 5.41) is 8.50. The van der Waals surface area contributed by atoms with E-state index in [0.29, 0.717) is 0 Å². The third-order valence-corrected chi connectivity index (χ3v) is 1.49. The highest BCUT2D eigenvalue weighted by Crippen LogP contribution is 2.04. The van der Waals surface area contributed by atoms with E-state index in [1.54, 1.807) is 6.08 Å². The Morgan fingerprint density at radius 3 is 2.45 bits per heavy atom. The highest BCUT2D eigenvalue weighted by molar-refractivity contribution is 5.49. The molecule has 1 nitrogen and oxygen atoms in total. The van der Waals surface area contributed by atoms with E-state index in [1.807, 2.05) is 18.2 Å². The van der Waals surface area contributed by atoms with Crippen LogP contribution in [0.5, 0.6) is 0 Å². The van der Waals surface area contributed by atoms with Crippen molar-refractivity contribution in [3.05, 3.63) is 41.5 Å². The molecule has 58 valence electrons. The summed E-state index contributed by atoms with van der Waals surface area (Å²) in [5.41, 5.74) is 2.38. The number of hydrogen-bond acceptors (Lipinski definition) is 1. The highest BCUT2D eigenvalue weighted by atomic mass is 16.2. The van der Waals surface area contributed by atoms with E-state index >= 15 is 0 Å². The summed E-state index contributed by atoms with van der Waals surface area (Å²) >= 11 is 0. The zero-order chi connectivity index (χ0) is 8.10. The van der Waals surface area contributed by atoms with E-state index in [1.165, 1.54) is 5.56 Å². The molecule has 0 fully saturated rings. The van der Waals surface area contributed by atoms with Crippen LogP contribution in [0.2, 0.25) is 0 Å². The van der Waals surface area contributed by atoms with Gasteiger partial charge in [-0.15, -0.1) is 0 Å². The molecular formula is C10H12O. The van der Waals surface area contributed by atoms with Crippen molar-refractivity contribution in [2.45, 2.75) is 6.92 Å². The first-order valence-corrected chi connectivity index (χ1v) is 3.67. The number of aliphatic hydroxyl groups is 1. The van der Waals surface area contributed by atoms with Gasteiger partial charge in [0.25, 0.3) is 0 Å². The predicted molar refractivity (Wildman–Crippen MR) is 47.3 cm³/mol. The van der Waals surface area contributed by atoms with Crippen molar-refractivity contribution in [1.82, 2.24) is 0 Å². The smallest absolute Gasteiger partial charge is 0.0615 e. The SMILES string of the molecule is Cc1ccc(/C=C\CO)cc1. The van der Waals surface area contributed by atoms with Gasteiger partial charge in [-0.2, -0.15) is 0 Å². The van der Waals surface area contributed by atoms with Gasteiger partial charge in [-0.1, -0.05) is 42.0 Å². The highest BCUT2D eigenvalue weighted by Gasteiger charge is 1.84. The summed E-state index contributed by atoms with van der Waals surface area (Å²) in [6, 6.07) is 8.16. The van der Waals surface area contributed by atoms with E-state index in [-0.39, 0.29) is 6.61 Å². The van der Waals surface area contributed by atoms with Gasteiger partial charge >= 0.3 is 0 Å². The Balaban J connectivity index is 2.73. The molecule has 0 bridgehead atoms. The second-order valence-corrected chi connectivity index (χ2v) is 2.50. The van der Waals surface area contributed by atoms with Crippen molar-refractivity contribution in [2.75, 3.05) is 6.61 Å². The van der Waals surface area contributed by atoms with Crippen LogP contribution in [-0.4, -0.2) is 11.7 Å². The predicted octanol–water partition coefficient (Wildman–Crippen LogP) is 2.00. The second-order valence-electron chi connectivity index (χ2n) is 2.50. The molecule has 1 aromatic carbocycles. The second kappa shape index (κ2) is 3.94. The zero-order valence-corrected chi connectivity index (χ0v) is 6.62. The Morgan fingerprint density at radius 2 is 1.91 bits per heavy atom. The minimum absolute atomic E-state index is 0.105. The fraction of sp³-hybridized carbons (Fsp3) is 0.200. The van der Waals surface area contributed by atoms with Gasteiger partial charge in [0, 0.05) is 0 Å². The molecule has 0 amide bonds. The van der Waals surface area contributed by atoms with Crippen molar-refractivity contribution in [1.29, 1.82) is 0 Å². The maximum absolute atomic E-state index is 8.50. The molecule has 0 spiro atoms. The molecule has 0 atom stereocenters. The van der Waals surface area contributed by atoms with Gasteiger partial charge in [-0.3, -0.25) is 0 Å². The lowest BCUT2D eigenvalue weighted by molar-refractivity contribution is 0.343. The molecule has 0 aliphatic carbocycles. The molecule has 0 unspecified atom stereocenters.